The number of carbonyl (C=O) groups excluding carboxylic acids is 1. The first-order chi connectivity index (χ1) is 7.19. The molecule has 0 aliphatic carbocycles. The lowest BCUT2D eigenvalue weighted by molar-refractivity contribution is -0.130. The summed E-state index contributed by atoms with van der Waals surface area (Å²) in [6, 6.07) is 0. The highest BCUT2D eigenvalue weighted by atomic mass is 16.2. The standard InChI is InChI=1S/C12H18N2O/c1-3-4-11-6-8-14(9-10(11)2)12(15)5-7-13/h3-4H,1-2,5-9,13H2/b11-4-. The lowest BCUT2D eigenvalue weighted by Crippen LogP contribution is -2.38. The minimum atomic E-state index is 0.122. The van der Waals surface area contributed by atoms with Gasteiger partial charge in [0.2, 0.25) is 5.91 Å². The largest absolute Gasteiger partial charge is 0.338 e. The topological polar surface area (TPSA) is 46.3 Å². The van der Waals surface area contributed by atoms with Gasteiger partial charge in [-0.25, -0.2) is 0 Å². The van der Waals surface area contributed by atoms with Crippen LogP contribution in [0.5, 0.6) is 0 Å². The first kappa shape index (κ1) is 11.7. The summed E-state index contributed by atoms with van der Waals surface area (Å²) in [6.07, 6.45) is 5.01. The normalized spacial score (nSPS) is 19.4. The monoisotopic (exact) mass is 206 g/mol. The van der Waals surface area contributed by atoms with Crippen molar-refractivity contribution in [1.29, 1.82) is 0 Å². The average Bonchev–Trinajstić information content (AvgIpc) is 2.21. The number of rotatable bonds is 3. The highest BCUT2D eigenvalue weighted by molar-refractivity contribution is 5.77. The van der Waals surface area contributed by atoms with Gasteiger partial charge in [0, 0.05) is 26.1 Å². The summed E-state index contributed by atoms with van der Waals surface area (Å²) in [5.41, 5.74) is 7.55. The van der Waals surface area contributed by atoms with Gasteiger partial charge in [-0.15, -0.1) is 0 Å². The zero-order valence-electron chi connectivity index (χ0n) is 9.04. The van der Waals surface area contributed by atoms with Crippen molar-refractivity contribution in [3.63, 3.8) is 0 Å². The number of allylic oxidation sites excluding steroid dienone is 2. The quantitative estimate of drug-likeness (QED) is 0.755. The first-order valence-electron chi connectivity index (χ1n) is 5.16. The molecule has 1 heterocycles. The maximum atomic E-state index is 11.6. The van der Waals surface area contributed by atoms with Gasteiger partial charge < -0.3 is 10.6 Å². The number of carbonyl (C=O) groups is 1. The van der Waals surface area contributed by atoms with Crippen LogP contribution in [0.15, 0.2) is 36.5 Å². The van der Waals surface area contributed by atoms with E-state index in [9.17, 15) is 4.79 Å². The molecule has 1 amide bonds. The van der Waals surface area contributed by atoms with E-state index in [4.69, 9.17) is 5.73 Å². The van der Waals surface area contributed by atoms with Crippen molar-refractivity contribution in [1.82, 2.24) is 4.90 Å². The molecule has 0 aromatic rings. The second-order valence-electron chi connectivity index (χ2n) is 3.64. The number of piperidine rings is 1. The van der Waals surface area contributed by atoms with Crippen LogP contribution in [0.2, 0.25) is 0 Å². The molecular weight excluding hydrogens is 188 g/mol. The maximum Gasteiger partial charge on any atom is 0.224 e. The molecule has 0 aromatic heterocycles. The molecule has 0 saturated carbocycles. The summed E-state index contributed by atoms with van der Waals surface area (Å²) in [4.78, 5) is 13.4. The van der Waals surface area contributed by atoms with E-state index in [1.54, 1.807) is 6.08 Å². The molecule has 2 N–H and O–H groups in total. The fourth-order valence-electron chi connectivity index (χ4n) is 1.68. The van der Waals surface area contributed by atoms with E-state index in [1.165, 1.54) is 5.57 Å². The van der Waals surface area contributed by atoms with Gasteiger partial charge in [0.25, 0.3) is 0 Å². The molecule has 1 aliphatic rings. The summed E-state index contributed by atoms with van der Waals surface area (Å²) in [7, 11) is 0. The Kier molecular flexibility index (Phi) is 4.31. The predicted octanol–water partition coefficient (Wildman–Crippen LogP) is 1.24. The summed E-state index contributed by atoms with van der Waals surface area (Å²) < 4.78 is 0. The van der Waals surface area contributed by atoms with Crippen molar-refractivity contribution in [2.75, 3.05) is 19.6 Å². The molecule has 15 heavy (non-hydrogen) atoms. The van der Waals surface area contributed by atoms with E-state index < -0.39 is 0 Å². The van der Waals surface area contributed by atoms with E-state index in [1.807, 2.05) is 11.0 Å². The van der Waals surface area contributed by atoms with Crippen molar-refractivity contribution in [3.05, 3.63) is 36.5 Å². The van der Waals surface area contributed by atoms with Crippen LogP contribution in [-0.2, 0) is 4.79 Å². The van der Waals surface area contributed by atoms with Crippen LogP contribution in [0.4, 0.5) is 0 Å². The van der Waals surface area contributed by atoms with Gasteiger partial charge in [-0.3, -0.25) is 4.79 Å². The van der Waals surface area contributed by atoms with Crippen molar-refractivity contribution >= 4 is 5.91 Å². The van der Waals surface area contributed by atoms with Crippen LogP contribution in [0.1, 0.15) is 12.8 Å². The molecule has 1 saturated heterocycles. The Morgan fingerprint density at radius 1 is 1.60 bits per heavy atom. The molecule has 1 fully saturated rings. The van der Waals surface area contributed by atoms with Gasteiger partial charge in [-0.05, 0) is 17.6 Å². The lowest BCUT2D eigenvalue weighted by Gasteiger charge is -2.30. The second-order valence-corrected chi connectivity index (χ2v) is 3.64. The molecular formula is C12H18N2O. The third kappa shape index (κ3) is 3.06. The predicted molar refractivity (Wildman–Crippen MR) is 62.3 cm³/mol. The van der Waals surface area contributed by atoms with Crippen LogP contribution >= 0.6 is 0 Å². The SMILES string of the molecule is C=C/C=C1/CCN(C(=O)CCN)CC1=C. The lowest BCUT2D eigenvalue weighted by atomic mass is 9.98. The van der Waals surface area contributed by atoms with Crippen LogP contribution in [0.25, 0.3) is 0 Å². The van der Waals surface area contributed by atoms with Gasteiger partial charge in [-0.1, -0.05) is 25.3 Å². The molecule has 82 valence electrons. The number of nitrogens with two attached hydrogens (primary N) is 1. The smallest absolute Gasteiger partial charge is 0.224 e. The summed E-state index contributed by atoms with van der Waals surface area (Å²) in [6.45, 7) is 9.42. The molecule has 1 rings (SSSR count). The van der Waals surface area contributed by atoms with E-state index in [0.29, 0.717) is 19.5 Å². The number of amides is 1. The summed E-state index contributed by atoms with van der Waals surface area (Å²) in [5.74, 6) is 0.122. The Balaban J connectivity index is 2.58. The first-order valence-corrected chi connectivity index (χ1v) is 5.16. The maximum absolute atomic E-state index is 11.6. The number of likely N-dealkylation sites (tertiary alicyclic amines) is 1. The number of hydrogen-bond acceptors (Lipinski definition) is 2. The van der Waals surface area contributed by atoms with Gasteiger partial charge in [0.1, 0.15) is 0 Å². The van der Waals surface area contributed by atoms with Crippen molar-refractivity contribution in [2.24, 2.45) is 5.73 Å². The molecule has 3 heteroatoms. The number of nitrogens with zero attached hydrogens (tertiary/aromatic N) is 1. The number of hydrogen-bond donors (Lipinski definition) is 1. The minimum absolute atomic E-state index is 0.122. The zero-order chi connectivity index (χ0) is 11.3. The van der Waals surface area contributed by atoms with Crippen molar-refractivity contribution < 1.29 is 4.79 Å². The van der Waals surface area contributed by atoms with Crippen LogP contribution in [-0.4, -0.2) is 30.4 Å². The molecule has 0 spiro atoms. The van der Waals surface area contributed by atoms with Crippen LogP contribution in [0.3, 0.4) is 0 Å². The highest BCUT2D eigenvalue weighted by Crippen LogP contribution is 2.20. The third-order valence-electron chi connectivity index (χ3n) is 2.52. The molecule has 0 atom stereocenters. The Morgan fingerprint density at radius 2 is 2.33 bits per heavy atom. The molecule has 0 unspecified atom stereocenters. The zero-order valence-corrected chi connectivity index (χ0v) is 9.04. The van der Waals surface area contributed by atoms with Gasteiger partial charge >= 0.3 is 0 Å². The summed E-state index contributed by atoms with van der Waals surface area (Å²) >= 11 is 0. The molecule has 0 aromatic carbocycles. The van der Waals surface area contributed by atoms with E-state index in [-0.39, 0.29) is 5.91 Å². The average molecular weight is 206 g/mol. The Labute approximate surface area is 90.9 Å². The minimum Gasteiger partial charge on any atom is -0.338 e. The molecule has 0 radical (unpaired) electrons. The third-order valence-corrected chi connectivity index (χ3v) is 2.52. The van der Waals surface area contributed by atoms with Crippen molar-refractivity contribution in [3.8, 4) is 0 Å². The highest BCUT2D eigenvalue weighted by Gasteiger charge is 2.20. The van der Waals surface area contributed by atoms with Crippen LogP contribution in [0, 0.1) is 0 Å². The molecule has 0 bridgehead atoms. The second kappa shape index (κ2) is 5.51. The van der Waals surface area contributed by atoms with Gasteiger partial charge in [-0.2, -0.15) is 0 Å². The summed E-state index contributed by atoms with van der Waals surface area (Å²) in [5, 5.41) is 0. The molecule has 3 nitrogen and oxygen atoms in total. The van der Waals surface area contributed by atoms with E-state index in [0.717, 1.165) is 18.5 Å². The van der Waals surface area contributed by atoms with Crippen molar-refractivity contribution in [2.45, 2.75) is 12.8 Å². The Morgan fingerprint density at radius 3 is 2.87 bits per heavy atom. The van der Waals surface area contributed by atoms with Gasteiger partial charge in [0.05, 0.1) is 0 Å². The van der Waals surface area contributed by atoms with E-state index in [2.05, 4.69) is 13.2 Å². The van der Waals surface area contributed by atoms with Crippen LogP contribution < -0.4 is 5.73 Å². The fourth-order valence-corrected chi connectivity index (χ4v) is 1.68. The van der Waals surface area contributed by atoms with Gasteiger partial charge in [0.15, 0.2) is 0 Å². The Bertz CT molecular complexity index is 305. The fraction of sp³-hybridized carbons (Fsp3) is 0.417. The van der Waals surface area contributed by atoms with E-state index >= 15 is 0 Å². The molecule has 1 aliphatic heterocycles. The Hall–Kier alpha value is -1.35.